The van der Waals surface area contributed by atoms with Crippen LogP contribution >= 0.6 is 0 Å². The number of nitrogens with zero attached hydrogens (tertiary/aromatic N) is 1. The maximum atomic E-state index is 13.1. The van der Waals surface area contributed by atoms with Crippen LogP contribution in [0.2, 0.25) is 0 Å². The van der Waals surface area contributed by atoms with Crippen LogP contribution in [0.3, 0.4) is 0 Å². The third-order valence-electron chi connectivity index (χ3n) is 3.73. The molecule has 0 atom stereocenters. The Morgan fingerprint density at radius 3 is 2.52 bits per heavy atom. The van der Waals surface area contributed by atoms with E-state index in [9.17, 15) is 13.6 Å². The van der Waals surface area contributed by atoms with Gasteiger partial charge in [-0.05, 0) is 42.1 Å². The van der Waals surface area contributed by atoms with Gasteiger partial charge in [0, 0.05) is 23.8 Å². The third-order valence-corrected chi connectivity index (χ3v) is 3.73. The van der Waals surface area contributed by atoms with Crippen LogP contribution in [-0.4, -0.2) is 10.5 Å². The fraction of sp³-hybridized carbons (Fsp3) is 0.167. The summed E-state index contributed by atoms with van der Waals surface area (Å²) in [6, 6.07) is 13.1. The van der Waals surface area contributed by atoms with Gasteiger partial charge >= 0.3 is 0 Å². The standard InChI is InChI=1S/C18H16F2N2O/c1-12-6-14-4-2-3-5-17(14)22(12)11-18(23)21-10-13-7-15(19)9-16(20)8-13/h2-9H,10-11H2,1H3,(H,21,23). The zero-order chi connectivity index (χ0) is 16.4. The van der Waals surface area contributed by atoms with E-state index in [-0.39, 0.29) is 19.0 Å². The van der Waals surface area contributed by atoms with Crippen molar-refractivity contribution < 1.29 is 13.6 Å². The van der Waals surface area contributed by atoms with Gasteiger partial charge in [-0.2, -0.15) is 0 Å². The Kier molecular flexibility index (Phi) is 4.10. The summed E-state index contributed by atoms with van der Waals surface area (Å²) in [5.74, 6) is -1.51. The minimum atomic E-state index is -0.651. The number of rotatable bonds is 4. The summed E-state index contributed by atoms with van der Waals surface area (Å²) in [5.41, 5.74) is 2.36. The average molecular weight is 314 g/mol. The largest absolute Gasteiger partial charge is 0.350 e. The molecule has 0 saturated carbocycles. The number of fused-ring (bicyclic) bond motifs is 1. The predicted octanol–water partition coefficient (Wildman–Crippen LogP) is 3.54. The molecule has 1 aromatic heterocycles. The molecule has 0 aliphatic heterocycles. The van der Waals surface area contributed by atoms with Gasteiger partial charge < -0.3 is 9.88 Å². The number of carbonyl (C=O) groups is 1. The van der Waals surface area contributed by atoms with Gasteiger partial charge in [0.25, 0.3) is 0 Å². The topological polar surface area (TPSA) is 34.0 Å². The zero-order valence-corrected chi connectivity index (χ0v) is 12.6. The Hall–Kier alpha value is -2.69. The van der Waals surface area contributed by atoms with E-state index in [1.165, 1.54) is 12.1 Å². The first-order valence-electron chi connectivity index (χ1n) is 7.29. The number of nitrogens with one attached hydrogen (secondary N) is 1. The molecule has 0 radical (unpaired) electrons. The summed E-state index contributed by atoms with van der Waals surface area (Å²) in [5, 5.41) is 3.76. The molecule has 0 aliphatic rings. The molecule has 1 heterocycles. The molecule has 5 heteroatoms. The highest BCUT2D eigenvalue weighted by Crippen LogP contribution is 2.18. The molecule has 0 saturated heterocycles. The lowest BCUT2D eigenvalue weighted by atomic mass is 10.2. The van der Waals surface area contributed by atoms with Crippen molar-refractivity contribution in [1.82, 2.24) is 9.88 Å². The van der Waals surface area contributed by atoms with E-state index in [4.69, 9.17) is 0 Å². The Morgan fingerprint density at radius 2 is 1.78 bits per heavy atom. The molecule has 1 amide bonds. The first-order chi connectivity index (χ1) is 11.0. The average Bonchev–Trinajstić information content (AvgIpc) is 2.80. The number of aryl methyl sites for hydroxylation is 1. The maximum absolute atomic E-state index is 13.1. The van der Waals surface area contributed by atoms with Crippen LogP contribution in [-0.2, 0) is 17.9 Å². The van der Waals surface area contributed by atoms with Crippen LogP contribution in [0.15, 0.2) is 48.5 Å². The SMILES string of the molecule is Cc1cc2ccccc2n1CC(=O)NCc1cc(F)cc(F)c1. The Balaban J connectivity index is 1.70. The van der Waals surface area contributed by atoms with Crippen molar-refractivity contribution >= 4 is 16.8 Å². The fourth-order valence-corrected chi connectivity index (χ4v) is 2.67. The summed E-state index contributed by atoms with van der Waals surface area (Å²) >= 11 is 0. The van der Waals surface area contributed by atoms with Gasteiger partial charge in [0.05, 0.1) is 0 Å². The minimum Gasteiger partial charge on any atom is -0.350 e. The lowest BCUT2D eigenvalue weighted by Crippen LogP contribution is -2.27. The summed E-state index contributed by atoms with van der Waals surface area (Å²) in [7, 11) is 0. The number of hydrogen-bond acceptors (Lipinski definition) is 1. The molecule has 0 aliphatic carbocycles. The van der Waals surface area contributed by atoms with Crippen molar-refractivity contribution in [1.29, 1.82) is 0 Å². The molecule has 1 N–H and O–H groups in total. The van der Waals surface area contributed by atoms with E-state index in [0.29, 0.717) is 5.56 Å². The van der Waals surface area contributed by atoms with Gasteiger partial charge in [-0.3, -0.25) is 4.79 Å². The van der Waals surface area contributed by atoms with Crippen molar-refractivity contribution in [3.05, 3.63) is 71.4 Å². The number of amides is 1. The van der Waals surface area contributed by atoms with E-state index >= 15 is 0 Å². The molecule has 3 nitrogen and oxygen atoms in total. The number of benzene rings is 2. The molecule has 0 unspecified atom stereocenters. The third kappa shape index (κ3) is 3.39. The molecule has 0 fully saturated rings. The number of aromatic nitrogens is 1. The summed E-state index contributed by atoms with van der Waals surface area (Å²) in [6.45, 7) is 2.19. The van der Waals surface area contributed by atoms with Crippen LogP contribution < -0.4 is 5.32 Å². The monoisotopic (exact) mass is 314 g/mol. The second kappa shape index (κ2) is 6.20. The molecule has 118 valence electrons. The van der Waals surface area contributed by atoms with Gasteiger partial charge in [-0.1, -0.05) is 18.2 Å². The molecular formula is C18H16F2N2O. The quantitative estimate of drug-likeness (QED) is 0.785. The van der Waals surface area contributed by atoms with Crippen LogP contribution in [0.25, 0.3) is 10.9 Å². The summed E-state index contributed by atoms with van der Waals surface area (Å²) in [4.78, 5) is 12.1. The highest BCUT2D eigenvalue weighted by Gasteiger charge is 2.09. The summed E-state index contributed by atoms with van der Waals surface area (Å²) in [6.07, 6.45) is 0. The first kappa shape index (κ1) is 15.2. The molecule has 3 rings (SSSR count). The minimum absolute atomic E-state index is 0.0890. The van der Waals surface area contributed by atoms with E-state index in [0.717, 1.165) is 22.7 Å². The van der Waals surface area contributed by atoms with E-state index in [1.54, 1.807) is 0 Å². The molecule has 3 aromatic rings. The van der Waals surface area contributed by atoms with Crippen molar-refractivity contribution in [2.75, 3.05) is 0 Å². The van der Waals surface area contributed by atoms with Gasteiger partial charge in [0.15, 0.2) is 0 Å². The van der Waals surface area contributed by atoms with E-state index in [2.05, 4.69) is 5.32 Å². The van der Waals surface area contributed by atoms with Gasteiger partial charge in [0.2, 0.25) is 5.91 Å². The smallest absolute Gasteiger partial charge is 0.240 e. The fourth-order valence-electron chi connectivity index (χ4n) is 2.67. The lowest BCUT2D eigenvalue weighted by molar-refractivity contribution is -0.121. The second-order valence-electron chi connectivity index (χ2n) is 5.49. The van der Waals surface area contributed by atoms with Crippen molar-refractivity contribution in [3.63, 3.8) is 0 Å². The van der Waals surface area contributed by atoms with E-state index in [1.807, 2.05) is 41.8 Å². The van der Waals surface area contributed by atoms with Crippen molar-refractivity contribution in [3.8, 4) is 0 Å². The van der Waals surface area contributed by atoms with E-state index < -0.39 is 11.6 Å². The highest BCUT2D eigenvalue weighted by molar-refractivity contribution is 5.84. The normalized spacial score (nSPS) is 10.9. The molecular weight excluding hydrogens is 298 g/mol. The maximum Gasteiger partial charge on any atom is 0.240 e. The zero-order valence-electron chi connectivity index (χ0n) is 12.6. The molecule has 2 aromatic carbocycles. The lowest BCUT2D eigenvalue weighted by Gasteiger charge is -2.10. The first-order valence-corrected chi connectivity index (χ1v) is 7.29. The van der Waals surface area contributed by atoms with Gasteiger partial charge in [-0.25, -0.2) is 8.78 Å². The Morgan fingerprint density at radius 1 is 1.09 bits per heavy atom. The number of carbonyl (C=O) groups excluding carboxylic acids is 1. The van der Waals surface area contributed by atoms with Crippen LogP contribution in [0, 0.1) is 18.6 Å². The van der Waals surface area contributed by atoms with Crippen LogP contribution in [0.5, 0.6) is 0 Å². The molecule has 0 spiro atoms. The predicted molar refractivity (Wildman–Crippen MR) is 84.9 cm³/mol. The van der Waals surface area contributed by atoms with Crippen LogP contribution in [0.4, 0.5) is 8.78 Å². The summed E-state index contributed by atoms with van der Waals surface area (Å²) < 4.78 is 28.2. The number of halogens is 2. The van der Waals surface area contributed by atoms with Gasteiger partial charge in [-0.15, -0.1) is 0 Å². The van der Waals surface area contributed by atoms with Crippen molar-refractivity contribution in [2.45, 2.75) is 20.0 Å². The Bertz CT molecular complexity index is 850. The number of para-hydroxylation sites is 1. The number of hydrogen-bond donors (Lipinski definition) is 1. The molecule has 0 bridgehead atoms. The molecule has 23 heavy (non-hydrogen) atoms. The highest BCUT2D eigenvalue weighted by atomic mass is 19.1. The Labute approximate surface area is 132 Å². The second-order valence-corrected chi connectivity index (χ2v) is 5.49. The van der Waals surface area contributed by atoms with Crippen molar-refractivity contribution in [2.24, 2.45) is 0 Å². The van der Waals surface area contributed by atoms with Crippen LogP contribution in [0.1, 0.15) is 11.3 Å². The van der Waals surface area contributed by atoms with Gasteiger partial charge in [0.1, 0.15) is 18.2 Å².